The number of thioether (sulfide) groups is 1. The summed E-state index contributed by atoms with van der Waals surface area (Å²) < 4.78 is 6.96. The molecule has 1 aromatic carbocycles. The minimum atomic E-state index is 0.278. The number of hydrogen-bond donors (Lipinski definition) is 1. The topological polar surface area (TPSA) is 21.3 Å². The van der Waals surface area contributed by atoms with E-state index in [4.69, 9.17) is 16.3 Å². The van der Waals surface area contributed by atoms with Crippen molar-refractivity contribution in [3.05, 3.63) is 33.3 Å². The molecule has 0 spiro atoms. The van der Waals surface area contributed by atoms with Gasteiger partial charge in [0, 0.05) is 27.0 Å². The van der Waals surface area contributed by atoms with E-state index in [1.165, 1.54) is 5.56 Å². The quantitative estimate of drug-likeness (QED) is 0.803. The van der Waals surface area contributed by atoms with E-state index in [1.54, 1.807) is 0 Å². The molecule has 0 aromatic heterocycles. The molecule has 1 saturated heterocycles. The van der Waals surface area contributed by atoms with Crippen molar-refractivity contribution in [3.63, 3.8) is 0 Å². The Kier molecular flexibility index (Phi) is 7.18. The Morgan fingerprint density at radius 2 is 2.40 bits per heavy atom. The molecule has 0 bridgehead atoms. The largest absolute Gasteiger partial charge is 0.375 e. The highest BCUT2D eigenvalue weighted by atomic mass is 79.9. The third-order valence-corrected chi connectivity index (χ3v) is 5.27. The summed E-state index contributed by atoms with van der Waals surface area (Å²) >= 11 is 11.8. The number of rotatable bonds is 6. The number of halogens is 2. The molecule has 0 aliphatic carbocycles. The van der Waals surface area contributed by atoms with E-state index < -0.39 is 0 Å². The average Bonchev–Trinajstić information content (AvgIpc) is 2.46. The zero-order valence-electron chi connectivity index (χ0n) is 11.7. The lowest BCUT2D eigenvalue weighted by atomic mass is 10.0. The summed E-state index contributed by atoms with van der Waals surface area (Å²) in [5.41, 5.74) is 1.18. The number of ether oxygens (including phenoxy) is 1. The van der Waals surface area contributed by atoms with Gasteiger partial charge in [-0.05, 0) is 37.1 Å². The maximum atomic E-state index is 6.34. The Balaban J connectivity index is 2.05. The summed E-state index contributed by atoms with van der Waals surface area (Å²) in [5.74, 6) is 2.17. The summed E-state index contributed by atoms with van der Waals surface area (Å²) in [7, 11) is 0. The van der Waals surface area contributed by atoms with Crippen molar-refractivity contribution in [2.45, 2.75) is 31.9 Å². The van der Waals surface area contributed by atoms with Crippen LogP contribution in [0.1, 0.15) is 18.9 Å². The number of benzene rings is 1. The van der Waals surface area contributed by atoms with Crippen molar-refractivity contribution < 1.29 is 4.74 Å². The fourth-order valence-electron chi connectivity index (χ4n) is 2.33. The molecule has 20 heavy (non-hydrogen) atoms. The second-order valence-corrected chi connectivity index (χ2v) is 7.46. The van der Waals surface area contributed by atoms with Crippen LogP contribution in [-0.4, -0.2) is 36.8 Å². The van der Waals surface area contributed by atoms with Crippen LogP contribution in [0.15, 0.2) is 22.7 Å². The van der Waals surface area contributed by atoms with Crippen molar-refractivity contribution in [2.75, 3.05) is 24.7 Å². The Morgan fingerprint density at radius 3 is 3.05 bits per heavy atom. The molecule has 0 amide bonds. The Morgan fingerprint density at radius 1 is 1.55 bits per heavy atom. The van der Waals surface area contributed by atoms with Gasteiger partial charge in [-0.1, -0.05) is 40.5 Å². The van der Waals surface area contributed by atoms with E-state index >= 15 is 0 Å². The first-order valence-electron chi connectivity index (χ1n) is 7.07. The molecule has 0 radical (unpaired) electrons. The highest BCUT2D eigenvalue weighted by Crippen LogP contribution is 2.25. The molecule has 1 aliphatic heterocycles. The summed E-state index contributed by atoms with van der Waals surface area (Å²) in [5, 5.41) is 4.45. The van der Waals surface area contributed by atoms with Crippen LogP contribution in [0.5, 0.6) is 0 Å². The molecule has 2 rings (SSSR count). The van der Waals surface area contributed by atoms with Gasteiger partial charge in [0.15, 0.2) is 0 Å². The lowest BCUT2D eigenvalue weighted by molar-refractivity contribution is 0.0472. The zero-order valence-corrected chi connectivity index (χ0v) is 14.9. The van der Waals surface area contributed by atoms with Crippen molar-refractivity contribution in [1.82, 2.24) is 5.32 Å². The van der Waals surface area contributed by atoms with Crippen molar-refractivity contribution in [2.24, 2.45) is 0 Å². The van der Waals surface area contributed by atoms with E-state index in [1.807, 2.05) is 17.8 Å². The first kappa shape index (κ1) is 16.6. The van der Waals surface area contributed by atoms with Crippen LogP contribution in [0, 0.1) is 0 Å². The average molecular weight is 379 g/mol. The van der Waals surface area contributed by atoms with E-state index in [0.717, 1.165) is 47.0 Å². The maximum absolute atomic E-state index is 6.34. The molecule has 1 aliphatic rings. The number of hydrogen-bond acceptors (Lipinski definition) is 3. The molecular formula is C15H21BrClNOS. The SMILES string of the molecule is CCCNC(Cc1ccc(Br)cc1Cl)C1CSCCO1. The first-order valence-corrected chi connectivity index (χ1v) is 9.40. The van der Waals surface area contributed by atoms with Crippen LogP contribution >= 0.6 is 39.3 Å². The van der Waals surface area contributed by atoms with Crippen molar-refractivity contribution in [1.29, 1.82) is 0 Å². The molecule has 5 heteroatoms. The predicted octanol–water partition coefficient (Wildman–Crippen LogP) is 4.15. The normalized spacial score (nSPS) is 20.9. The monoisotopic (exact) mass is 377 g/mol. The smallest absolute Gasteiger partial charge is 0.0821 e. The molecule has 112 valence electrons. The highest BCUT2D eigenvalue weighted by Gasteiger charge is 2.25. The molecule has 2 nitrogen and oxygen atoms in total. The standard InChI is InChI=1S/C15H21BrClNOS/c1-2-5-18-14(15-10-20-7-6-19-15)8-11-3-4-12(16)9-13(11)17/h3-4,9,14-15,18H,2,5-8,10H2,1H3. The van der Waals surface area contributed by atoms with Gasteiger partial charge in [0.1, 0.15) is 0 Å². The molecule has 1 heterocycles. The van der Waals surface area contributed by atoms with Crippen LogP contribution in [0.3, 0.4) is 0 Å². The van der Waals surface area contributed by atoms with E-state index in [-0.39, 0.29) is 6.10 Å². The molecule has 1 N–H and O–H groups in total. The van der Waals surface area contributed by atoms with Crippen LogP contribution in [0.2, 0.25) is 5.02 Å². The van der Waals surface area contributed by atoms with Gasteiger partial charge in [-0.3, -0.25) is 0 Å². The van der Waals surface area contributed by atoms with Gasteiger partial charge in [-0.2, -0.15) is 11.8 Å². The molecule has 2 atom stereocenters. The Labute approximate surface area is 139 Å². The molecule has 0 saturated carbocycles. The van der Waals surface area contributed by atoms with Crippen LogP contribution < -0.4 is 5.32 Å². The summed E-state index contributed by atoms with van der Waals surface area (Å²) in [6, 6.07) is 6.45. The van der Waals surface area contributed by atoms with E-state index in [9.17, 15) is 0 Å². The van der Waals surface area contributed by atoms with Crippen molar-refractivity contribution in [3.8, 4) is 0 Å². The van der Waals surface area contributed by atoms with Gasteiger partial charge in [0.25, 0.3) is 0 Å². The minimum absolute atomic E-state index is 0.278. The fourth-order valence-corrected chi connectivity index (χ4v) is 4.02. The second kappa shape index (κ2) is 8.64. The minimum Gasteiger partial charge on any atom is -0.375 e. The van der Waals surface area contributed by atoms with Gasteiger partial charge < -0.3 is 10.1 Å². The second-order valence-electron chi connectivity index (χ2n) is 4.98. The predicted molar refractivity (Wildman–Crippen MR) is 92.0 cm³/mol. The summed E-state index contributed by atoms with van der Waals surface area (Å²) in [6.45, 7) is 4.06. The lowest BCUT2D eigenvalue weighted by Crippen LogP contribution is -2.46. The van der Waals surface area contributed by atoms with Crippen LogP contribution in [0.4, 0.5) is 0 Å². The van der Waals surface area contributed by atoms with Crippen LogP contribution in [-0.2, 0) is 11.2 Å². The summed E-state index contributed by atoms with van der Waals surface area (Å²) in [6.07, 6.45) is 2.32. The fraction of sp³-hybridized carbons (Fsp3) is 0.600. The van der Waals surface area contributed by atoms with Gasteiger partial charge in [-0.25, -0.2) is 0 Å². The van der Waals surface area contributed by atoms with Crippen molar-refractivity contribution >= 4 is 39.3 Å². The third kappa shape index (κ3) is 4.92. The Hall–Kier alpha value is 0.260. The van der Waals surface area contributed by atoms with Gasteiger partial charge in [-0.15, -0.1) is 0 Å². The third-order valence-electron chi connectivity index (χ3n) is 3.40. The number of nitrogens with one attached hydrogen (secondary N) is 1. The van der Waals surface area contributed by atoms with Crippen LogP contribution in [0.25, 0.3) is 0 Å². The highest BCUT2D eigenvalue weighted by molar-refractivity contribution is 9.10. The summed E-state index contributed by atoms with van der Waals surface area (Å²) in [4.78, 5) is 0. The molecule has 1 fully saturated rings. The van der Waals surface area contributed by atoms with Gasteiger partial charge >= 0.3 is 0 Å². The Bertz CT molecular complexity index is 426. The van der Waals surface area contributed by atoms with E-state index in [0.29, 0.717) is 6.04 Å². The van der Waals surface area contributed by atoms with E-state index in [2.05, 4.69) is 40.3 Å². The maximum Gasteiger partial charge on any atom is 0.0821 e. The molecule has 1 aromatic rings. The van der Waals surface area contributed by atoms with Gasteiger partial charge in [0.05, 0.1) is 12.7 Å². The zero-order chi connectivity index (χ0) is 14.4. The molecular weight excluding hydrogens is 358 g/mol. The molecule has 2 unspecified atom stereocenters. The first-order chi connectivity index (χ1) is 9.70. The lowest BCUT2D eigenvalue weighted by Gasteiger charge is -2.31. The van der Waals surface area contributed by atoms with Gasteiger partial charge in [0.2, 0.25) is 0 Å².